The van der Waals surface area contributed by atoms with Gasteiger partial charge in [-0.1, -0.05) is 22.9 Å². The van der Waals surface area contributed by atoms with Gasteiger partial charge < -0.3 is 4.90 Å². The number of aryl methyl sites for hydroxylation is 1. The van der Waals surface area contributed by atoms with Crippen LogP contribution in [-0.4, -0.2) is 39.0 Å². The Morgan fingerprint density at radius 3 is 2.87 bits per heavy atom. The van der Waals surface area contributed by atoms with Crippen molar-refractivity contribution in [3.05, 3.63) is 18.0 Å². The summed E-state index contributed by atoms with van der Waals surface area (Å²) in [6, 6.07) is 0. The van der Waals surface area contributed by atoms with Gasteiger partial charge in [0.05, 0.1) is 11.8 Å². The Morgan fingerprint density at radius 1 is 1.73 bits per heavy atom. The number of halogens is 1. The van der Waals surface area contributed by atoms with E-state index in [-0.39, 0.29) is 5.91 Å². The highest BCUT2D eigenvalue weighted by Crippen LogP contribution is 2.07. The van der Waals surface area contributed by atoms with Crippen LogP contribution in [0.4, 0.5) is 0 Å². The lowest BCUT2D eigenvalue weighted by Crippen LogP contribution is -2.28. The molecule has 0 spiro atoms. The smallest absolute Gasteiger partial charge is 0.256 e. The van der Waals surface area contributed by atoms with Crippen molar-refractivity contribution in [2.75, 3.05) is 13.6 Å². The number of amides is 1. The molecule has 5 heteroatoms. The molecule has 4 nitrogen and oxygen atoms in total. The van der Waals surface area contributed by atoms with Crippen molar-refractivity contribution in [3.63, 3.8) is 0 Å². The van der Waals surface area contributed by atoms with Gasteiger partial charge in [0.25, 0.3) is 5.91 Å². The molecule has 0 bridgehead atoms. The molecule has 1 atom stereocenters. The number of carbonyl (C=O) groups excluding carboxylic acids is 1. The Morgan fingerprint density at radius 2 is 2.40 bits per heavy atom. The predicted octanol–water partition coefficient (Wildman–Crippen LogP) is 1.67. The summed E-state index contributed by atoms with van der Waals surface area (Å²) in [7, 11) is 3.61. The molecule has 1 aromatic heterocycles. The van der Waals surface area contributed by atoms with E-state index in [1.807, 2.05) is 7.05 Å². The van der Waals surface area contributed by atoms with Crippen LogP contribution in [0.2, 0.25) is 0 Å². The van der Waals surface area contributed by atoms with Gasteiger partial charge in [-0.3, -0.25) is 9.48 Å². The maximum absolute atomic E-state index is 11.8. The maximum Gasteiger partial charge on any atom is 0.256 e. The van der Waals surface area contributed by atoms with Gasteiger partial charge >= 0.3 is 0 Å². The SMILES string of the molecule is CC(Br)CCN(C)C(=O)c1cnn(C)c1. The van der Waals surface area contributed by atoms with E-state index in [0.29, 0.717) is 10.4 Å². The van der Waals surface area contributed by atoms with Crippen LogP contribution in [0, 0.1) is 0 Å². The average Bonchev–Trinajstić information content (AvgIpc) is 2.60. The van der Waals surface area contributed by atoms with Crippen molar-refractivity contribution in [1.82, 2.24) is 14.7 Å². The summed E-state index contributed by atoms with van der Waals surface area (Å²) in [5, 5.41) is 3.98. The lowest BCUT2D eigenvalue weighted by atomic mass is 10.3. The molecular weight excluding hydrogens is 258 g/mol. The minimum Gasteiger partial charge on any atom is -0.342 e. The Hall–Kier alpha value is -0.840. The first-order valence-electron chi connectivity index (χ1n) is 4.89. The second-order valence-corrected chi connectivity index (χ2v) is 5.26. The molecular formula is C10H16BrN3O. The summed E-state index contributed by atoms with van der Waals surface area (Å²) in [6.07, 6.45) is 4.27. The van der Waals surface area contributed by atoms with Gasteiger partial charge in [-0.15, -0.1) is 0 Å². The van der Waals surface area contributed by atoms with Gasteiger partial charge in [0.15, 0.2) is 0 Å². The van der Waals surface area contributed by atoms with E-state index in [2.05, 4.69) is 28.0 Å². The third kappa shape index (κ3) is 3.66. The van der Waals surface area contributed by atoms with Gasteiger partial charge in [0.2, 0.25) is 0 Å². The van der Waals surface area contributed by atoms with Gasteiger partial charge in [-0.2, -0.15) is 5.10 Å². The van der Waals surface area contributed by atoms with Gasteiger partial charge in [0.1, 0.15) is 0 Å². The summed E-state index contributed by atoms with van der Waals surface area (Å²) in [5.74, 6) is 0.0243. The van der Waals surface area contributed by atoms with Crippen LogP contribution in [0.25, 0.3) is 0 Å². The number of hydrogen-bond donors (Lipinski definition) is 0. The van der Waals surface area contributed by atoms with Gasteiger partial charge in [-0.05, 0) is 6.42 Å². The monoisotopic (exact) mass is 273 g/mol. The normalized spacial score (nSPS) is 12.5. The molecule has 0 saturated carbocycles. The molecule has 1 unspecified atom stereocenters. The minimum absolute atomic E-state index is 0.0243. The molecule has 0 saturated heterocycles. The minimum atomic E-state index is 0.0243. The average molecular weight is 274 g/mol. The molecule has 0 aliphatic carbocycles. The summed E-state index contributed by atoms with van der Waals surface area (Å²) < 4.78 is 1.63. The van der Waals surface area contributed by atoms with Crippen molar-refractivity contribution in [3.8, 4) is 0 Å². The molecule has 1 amide bonds. The van der Waals surface area contributed by atoms with Crippen LogP contribution < -0.4 is 0 Å². The van der Waals surface area contributed by atoms with Crippen LogP contribution in [0.15, 0.2) is 12.4 Å². The first-order chi connectivity index (χ1) is 7.00. The number of aromatic nitrogens is 2. The molecule has 1 heterocycles. The van der Waals surface area contributed by atoms with Crippen molar-refractivity contribution < 1.29 is 4.79 Å². The zero-order valence-corrected chi connectivity index (χ0v) is 10.9. The quantitative estimate of drug-likeness (QED) is 0.783. The molecule has 84 valence electrons. The highest BCUT2D eigenvalue weighted by molar-refractivity contribution is 9.09. The number of hydrogen-bond acceptors (Lipinski definition) is 2. The van der Waals surface area contributed by atoms with E-state index in [9.17, 15) is 4.79 Å². The number of alkyl halides is 1. The molecule has 0 aromatic carbocycles. The van der Waals surface area contributed by atoms with Crippen molar-refractivity contribution in [2.24, 2.45) is 7.05 Å². The molecule has 1 rings (SSSR count). The topological polar surface area (TPSA) is 38.1 Å². The van der Waals surface area contributed by atoms with E-state index in [1.54, 1.807) is 29.0 Å². The largest absolute Gasteiger partial charge is 0.342 e. The summed E-state index contributed by atoms with van der Waals surface area (Å²) in [6.45, 7) is 2.82. The lowest BCUT2D eigenvalue weighted by Gasteiger charge is -2.16. The van der Waals surface area contributed by atoms with Gasteiger partial charge in [0, 0.05) is 31.7 Å². The number of carbonyl (C=O) groups is 1. The maximum atomic E-state index is 11.8. The first-order valence-corrected chi connectivity index (χ1v) is 5.80. The van der Waals surface area contributed by atoms with Crippen molar-refractivity contribution in [2.45, 2.75) is 18.2 Å². The fourth-order valence-corrected chi connectivity index (χ4v) is 1.43. The molecule has 1 aromatic rings. The van der Waals surface area contributed by atoms with Crippen LogP contribution in [0.5, 0.6) is 0 Å². The van der Waals surface area contributed by atoms with E-state index in [1.165, 1.54) is 0 Å². The lowest BCUT2D eigenvalue weighted by molar-refractivity contribution is 0.0794. The zero-order valence-electron chi connectivity index (χ0n) is 9.27. The Labute approximate surface area is 98.4 Å². The predicted molar refractivity (Wildman–Crippen MR) is 63.2 cm³/mol. The van der Waals surface area contributed by atoms with Crippen LogP contribution in [-0.2, 0) is 7.05 Å². The first kappa shape index (κ1) is 12.2. The summed E-state index contributed by atoms with van der Waals surface area (Å²) in [5.41, 5.74) is 0.641. The highest BCUT2D eigenvalue weighted by atomic mass is 79.9. The second kappa shape index (κ2) is 5.30. The molecule has 0 aliphatic rings. The molecule has 0 N–H and O–H groups in total. The van der Waals surface area contributed by atoms with E-state index >= 15 is 0 Å². The third-order valence-electron chi connectivity index (χ3n) is 2.16. The Bertz CT molecular complexity index is 335. The van der Waals surface area contributed by atoms with E-state index in [4.69, 9.17) is 0 Å². The zero-order chi connectivity index (χ0) is 11.4. The van der Waals surface area contributed by atoms with Crippen molar-refractivity contribution in [1.29, 1.82) is 0 Å². The summed E-state index contributed by atoms with van der Waals surface area (Å²) in [4.78, 5) is 14.0. The standard InChI is InChI=1S/C10H16BrN3O/c1-8(11)4-5-13(2)10(15)9-6-12-14(3)7-9/h6-8H,4-5H2,1-3H3. The third-order valence-corrected chi connectivity index (χ3v) is 2.62. The van der Waals surface area contributed by atoms with Crippen LogP contribution in [0.1, 0.15) is 23.7 Å². The molecule has 0 radical (unpaired) electrons. The molecule has 0 aliphatic heterocycles. The van der Waals surface area contributed by atoms with E-state index in [0.717, 1.165) is 13.0 Å². The Balaban J connectivity index is 2.53. The fourth-order valence-electron chi connectivity index (χ4n) is 1.23. The second-order valence-electron chi connectivity index (χ2n) is 3.70. The molecule has 15 heavy (non-hydrogen) atoms. The van der Waals surface area contributed by atoms with E-state index < -0.39 is 0 Å². The fraction of sp³-hybridized carbons (Fsp3) is 0.600. The number of rotatable bonds is 4. The van der Waals surface area contributed by atoms with Crippen molar-refractivity contribution >= 4 is 21.8 Å². The summed E-state index contributed by atoms with van der Waals surface area (Å²) >= 11 is 3.46. The van der Waals surface area contributed by atoms with Crippen LogP contribution >= 0.6 is 15.9 Å². The van der Waals surface area contributed by atoms with Crippen LogP contribution in [0.3, 0.4) is 0 Å². The number of nitrogens with zero attached hydrogens (tertiary/aromatic N) is 3. The highest BCUT2D eigenvalue weighted by Gasteiger charge is 2.13. The Kier molecular flexibility index (Phi) is 4.32. The molecule has 0 fully saturated rings. The van der Waals surface area contributed by atoms with Gasteiger partial charge in [-0.25, -0.2) is 0 Å².